The Morgan fingerprint density at radius 1 is 0.903 bits per heavy atom. The Balaban J connectivity index is 2.10. The highest BCUT2D eigenvalue weighted by Crippen LogP contribution is 2.38. The molecule has 0 unspecified atom stereocenters. The van der Waals surface area contributed by atoms with E-state index in [1.807, 2.05) is 0 Å². The molecule has 10 heteroatoms. The lowest BCUT2D eigenvalue weighted by molar-refractivity contribution is -0.143. The molecule has 0 radical (unpaired) electrons. The maximum absolute atomic E-state index is 13.1. The summed E-state index contributed by atoms with van der Waals surface area (Å²) in [5, 5.41) is 0. The van der Waals surface area contributed by atoms with E-state index in [2.05, 4.69) is 4.98 Å². The lowest BCUT2D eigenvalue weighted by atomic mass is 10.0. The number of carbonyl (C=O) groups is 1. The summed E-state index contributed by atoms with van der Waals surface area (Å²) in [5.74, 6) is -1.07. The van der Waals surface area contributed by atoms with Crippen LogP contribution >= 0.6 is 0 Å². The fourth-order valence-electron chi connectivity index (χ4n) is 3.00. The molecule has 31 heavy (non-hydrogen) atoms. The SMILES string of the molecule is CN(C(=O)c1cc(C(F)(F)F)cc(C(F)(F)F)c1)c1cnccc1-c1ccccc1N. The molecule has 4 nitrogen and oxygen atoms in total. The Kier molecular flexibility index (Phi) is 5.66. The molecule has 0 saturated heterocycles. The highest BCUT2D eigenvalue weighted by atomic mass is 19.4. The third-order valence-electron chi connectivity index (χ3n) is 4.55. The van der Waals surface area contributed by atoms with Crippen LogP contribution in [0.1, 0.15) is 21.5 Å². The summed E-state index contributed by atoms with van der Waals surface area (Å²) in [6, 6.07) is 8.95. The molecular formula is C21H15F6N3O. The van der Waals surface area contributed by atoms with Gasteiger partial charge in [-0.05, 0) is 30.3 Å². The van der Waals surface area contributed by atoms with Gasteiger partial charge in [-0.1, -0.05) is 18.2 Å². The minimum Gasteiger partial charge on any atom is -0.398 e. The number of nitrogens with two attached hydrogens (primary N) is 1. The van der Waals surface area contributed by atoms with E-state index >= 15 is 0 Å². The summed E-state index contributed by atoms with van der Waals surface area (Å²) in [6.07, 6.45) is -7.42. The van der Waals surface area contributed by atoms with Gasteiger partial charge in [-0.2, -0.15) is 26.3 Å². The van der Waals surface area contributed by atoms with Gasteiger partial charge < -0.3 is 10.6 Å². The number of halogens is 6. The summed E-state index contributed by atoms with van der Waals surface area (Å²) in [4.78, 5) is 17.8. The number of nitrogen functional groups attached to an aromatic ring is 1. The highest BCUT2D eigenvalue weighted by molar-refractivity contribution is 6.08. The molecule has 1 amide bonds. The molecule has 2 N–H and O–H groups in total. The van der Waals surface area contributed by atoms with Crippen molar-refractivity contribution in [1.82, 2.24) is 4.98 Å². The normalized spacial score (nSPS) is 12.0. The molecular weight excluding hydrogens is 424 g/mol. The Bertz CT molecular complexity index is 1090. The minimum absolute atomic E-state index is 0.0308. The summed E-state index contributed by atoms with van der Waals surface area (Å²) in [6.45, 7) is 0. The van der Waals surface area contributed by atoms with Crippen molar-refractivity contribution >= 4 is 17.3 Å². The molecule has 0 aliphatic carbocycles. The smallest absolute Gasteiger partial charge is 0.398 e. The fourth-order valence-corrected chi connectivity index (χ4v) is 3.00. The Hall–Kier alpha value is -3.56. The summed E-state index contributed by atoms with van der Waals surface area (Å²) in [5.41, 5.74) is 3.56. The molecule has 0 bridgehead atoms. The maximum atomic E-state index is 13.1. The lowest BCUT2D eigenvalue weighted by Gasteiger charge is -2.22. The van der Waals surface area contributed by atoms with E-state index < -0.39 is 35.0 Å². The average molecular weight is 439 g/mol. The van der Waals surface area contributed by atoms with Crippen molar-refractivity contribution in [3.05, 3.63) is 77.6 Å². The van der Waals surface area contributed by atoms with Crippen LogP contribution in [0.15, 0.2) is 60.9 Å². The Morgan fingerprint density at radius 3 is 2.03 bits per heavy atom. The first kappa shape index (κ1) is 22.1. The third kappa shape index (κ3) is 4.62. The fraction of sp³-hybridized carbons (Fsp3) is 0.143. The zero-order valence-electron chi connectivity index (χ0n) is 15.9. The number of anilines is 2. The van der Waals surface area contributed by atoms with Crippen molar-refractivity contribution < 1.29 is 31.1 Å². The lowest BCUT2D eigenvalue weighted by Crippen LogP contribution is -2.28. The number of carbonyl (C=O) groups excluding carboxylic acids is 1. The van der Waals surface area contributed by atoms with Gasteiger partial charge >= 0.3 is 12.4 Å². The zero-order chi connectivity index (χ0) is 23.0. The van der Waals surface area contributed by atoms with Gasteiger partial charge in [0, 0.05) is 35.6 Å². The van der Waals surface area contributed by atoms with Crippen molar-refractivity contribution in [2.24, 2.45) is 0 Å². The number of benzene rings is 2. The number of aromatic nitrogens is 1. The predicted molar refractivity (Wildman–Crippen MR) is 103 cm³/mol. The molecule has 3 aromatic rings. The molecule has 0 aliphatic heterocycles. The van der Waals surface area contributed by atoms with Gasteiger partial charge in [0.15, 0.2) is 0 Å². The van der Waals surface area contributed by atoms with Crippen LogP contribution in [0.5, 0.6) is 0 Å². The van der Waals surface area contributed by atoms with Crippen LogP contribution in [0, 0.1) is 0 Å². The third-order valence-corrected chi connectivity index (χ3v) is 4.55. The largest absolute Gasteiger partial charge is 0.416 e. The van der Waals surface area contributed by atoms with Crippen LogP contribution in [0.25, 0.3) is 11.1 Å². The molecule has 1 heterocycles. The van der Waals surface area contributed by atoms with E-state index in [1.165, 1.54) is 25.5 Å². The van der Waals surface area contributed by atoms with Crippen molar-refractivity contribution in [1.29, 1.82) is 0 Å². The van der Waals surface area contributed by atoms with E-state index in [0.717, 1.165) is 4.90 Å². The van der Waals surface area contributed by atoms with Crippen LogP contribution in [0.4, 0.5) is 37.7 Å². The average Bonchev–Trinajstić information content (AvgIpc) is 2.71. The van der Waals surface area contributed by atoms with E-state index in [-0.39, 0.29) is 11.8 Å². The van der Waals surface area contributed by atoms with Crippen LogP contribution in [-0.4, -0.2) is 17.9 Å². The molecule has 162 valence electrons. The zero-order valence-corrected chi connectivity index (χ0v) is 15.9. The van der Waals surface area contributed by atoms with E-state index in [0.29, 0.717) is 28.9 Å². The maximum Gasteiger partial charge on any atom is 0.416 e. The first-order chi connectivity index (χ1) is 14.4. The highest BCUT2D eigenvalue weighted by Gasteiger charge is 2.38. The van der Waals surface area contributed by atoms with Crippen LogP contribution in [-0.2, 0) is 12.4 Å². The standard InChI is InChI=1S/C21H15F6N3O/c1-30(18-11-29-7-6-16(18)15-4-2-3-5-17(15)28)19(31)12-8-13(20(22,23)24)10-14(9-12)21(25,26)27/h2-11H,28H2,1H3. The number of hydrogen-bond acceptors (Lipinski definition) is 3. The molecule has 0 saturated carbocycles. The molecule has 2 aromatic carbocycles. The van der Waals surface area contributed by atoms with Gasteiger partial charge in [-0.25, -0.2) is 0 Å². The van der Waals surface area contributed by atoms with Crippen LogP contribution < -0.4 is 10.6 Å². The molecule has 0 aliphatic rings. The minimum atomic E-state index is -5.06. The van der Waals surface area contributed by atoms with Crippen molar-refractivity contribution in [2.45, 2.75) is 12.4 Å². The topological polar surface area (TPSA) is 59.2 Å². The van der Waals surface area contributed by atoms with Crippen LogP contribution in [0.2, 0.25) is 0 Å². The van der Waals surface area contributed by atoms with Gasteiger partial charge in [-0.15, -0.1) is 0 Å². The number of hydrogen-bond donors (Lipinski definition) is 1. The first-order valence-corrected chi connectivity index (χ1v) is 8.76. The number of alkyl halides is 6. The summed E-state index contributed by atoms with van der Waals surface area (Å²) < 4.78 is 78.8. The molecule has 0 fully saturated rings. The van der Waals surface area contributed by atoms with E-state index in [9.17, 15) is 31.1 Å². The molecule has 1 aromatic heterocycles. The van der Waals surface area contributed by atoms with Crippen molar-refractivity contribution in [2.75, 3.05) is 17.7 Å². The monoisotopic (exact) mass is 439 g/mol. The molecule has 0 atom stereocenters. The quantitative estimate of drug-likeness (QED) is 0.424. The summed E-state index contributed by atoms with van der Waals surface area (Å²) >= 11 is 0. The van der Waals surface area contributed by atoms with Gasteiger partial charge in [0.05, 0.1) is 23.0 Å². The predicted octanol–water partition coefficient (Wildman–Crippen LogP) is 5.65. The number of rotatable bonds is 3. The number of amides is 1. The van der Waals surface area contributed by atoms with E-state index in [4.69, 9.17) is 5.73 Å². The van der Waals surface area contributed by atoms with Gasteiger partial charge in [0.2, 0.25) is 0 Å². The number of nitrogens with zero attached hydrogens (tertiary/aromatic N) is 2. The van der Waals surface area contributed by atoms with Crippen LogP contribution in [0.3, 0.4) is 0 Å². The molecule has 0 spiro atoms. The van der Waals surface area contributed by atoms with E-state index in [1.54, 1.807) is 24.3 Å². The van der Waals surface area contributed by atoms with Crippen molar-refractivity contribution in [3.63, 3.8) is 0 Å². The second-order valence-electron chi connectivity index (χ2n) is 6.64. The number of para-hydroxylation sites is 1. The van der Waals surface area contributed by atoms with Gasteiger partial charge in [0.1, 0.15) is 0 Å². The Labute approximate surface area is 172 Å². The van der Waals surface area contributed by atoms with Gasteiger partial charge in [0.25, 0.3) is 5.91 Å². The Morgan fingerprint density at radius 2 is 1.48 bits per heavy atom. The summed E-state index contributed by atoms with van der Waals surface area (Å²) in [7, 11) is 1.23. The second kappa shape index (κ2) is 7.93. The van der Waals surface area contributed by atoms with Crippen molar-refractivity contribution in [3.8, 4) is 11.1 Å². The second-order valence-corrected chi connectivity index (χ2v) is 6.64. The first-order valence-electron chi connectivity index (χ1n) is 8.76. The molecule has 3 rings (SSSR count). The van der Waals surface area contributed by atoms with Gasteiger partial charge in [-0.3, -0.25) is 9.78 Å². The number of pyridine rings is 1.